The number of hydrogen-bond acceptors (Lipinski definition) is 5. The molecule has 0 unspecified atom stereocenters. The van der Waals surface area contributed by atoms with Crippen molar-refractivity contribution >= 4 is 6.03 Å². The molecule has 2 aliphatic heterocycles. The molecule has 0 saturated carbocycles. The Labute approximate surface area is 171 Å². The monoisotopic (exact) mass is 399 g/mol. The first-order valence-electron chi connectivity index (χ1n) is 10.4. The number of aromatic nitrogens is 3. The number of piperidine rings is 1. The SMILES string of the molecule is CCOc1ccc(CNC(=O)N2CCC(c3nnc4n3CCC4)CC2)cc1OC. The molecule has 8 nitrogen and oxygen atoms in total. The average molecular weight is 399 g/mol. The third kappa shape index (κ3) is 4.16. The van der Waals surface area contributed by atoms with Gasteiger partial charge < -0.3 is 24.3 Å². The molecule has 0 bridgehead atoms. The summed E-state index contributed by atoms with van der Waals surface area (Å²) in [6.07, 6.45) is 4.06. The lowest BCUT2D eigenvalue weighted by Crippen LogP contribution is -2.44. The van der Waals surface area contributed by atoms with Gasteiger partial charge in [-0.25, -0.2) is 4.79 Å². The minimum atomic E-state index is -0.0252. The number of carbonyl (C=O) groups is 1. The fourth-order valence-corrected chi connectivity index (χ4v) is 4.20. The molecule has 1 fully saturated rings. The molecule has 1 aromatic heterocycles. The van der Waals surface area contributed by atoms with Crippen LogP contribution in [-0.4, -0.2) is 52.5 Å². The second kappa shape index (κ2) is 8.71. The summed E-state index contributed by atoms with van der Waals surface area (Å²) in [4.78, 5) is 14.5. The number of carbonyl (C=O) groups excluding carboxylic acids is 1. The number of ether oxygens (including phenoxy) is 2. The van der Waals surface area contributed by atoms with Crippen LogP contribution in [0.15, 0.2) is 18.2 Å². The van der Waals surface area contributed by atoms with Crippen molar-refractivity contribution in [3.05, 3.63) is 35.4 Å². The number of likely N-dealkylation sites (tertiary alicyclic amines) is 1. The molecule has 0 spiro atoms. The molecule has 0 radical (unpaired) electrons. The Kier molecular flexibility index (Phi) is 5.87. The highest BCUT2D eigenvalue weighted by atomic mass is 16.5. The molecule has 0 aliphatic carbocycles. The van der Waals surface area contributed by atoms with E-state index in [1.165, 1.54) is 0 Å². The topological polar surface area (TPSA) is 81.5 Å². The molecular weight excluding hydrogens is 370 g/mol. The van der Waals surface area contributed by atoms with Gasteiger partial charge in [0.25, 0.3) is 0 Å². The summed E-state index contributed by atoms with van der Waals surface area (Å²) in [6.45, 7) is 5.49. The molecular formula is C21H29N5O3. The highest BCUT2D eigenvalue weighted by molar-refractivity contribution is 5.74. The summed E-state index contributed by atoms with van der Waals surface area (Å²) >= 11 is 0. The van der Waals surface area contributed by atoms with Crippen molar-refractivity contribution < 1.29 is 14.3 Å². The first-order valence-corrected chi connectivity index (χ1v) is 10.4. The number of rotatable bonds is 6. The maximum Gasteiger partial charge on any atom is 0.317 e. The summed E-state index contributed by atoms with van der Waals surface area (Å²) in [6, 6.07) is 5.71. The normalized spacial score (nSPS) is 16.6. The summed E-state index contributed by atoms with van der Waals surface area (Å²) in [7, 11) is 1.62. The first-order chi connectivity index (χ1) is 14.2. The fourth-order valence-electron chi connectivity index (χ4n) is 4.20. The van der Waals surface area contributed by atoms with E-state index in [4.69, 9.17) is 9.47 Å². The Morgan fingerprint density at radius 3 is 2.79 bits per heavy atom. The minimum Gasteiger partial charge on any atom is -0.493 e. The van der Waals surface area contributed by atoms with Gasteiger partial charge >= 0.3 is 6.03 Å². The fraction of sp³-hybridized carbons (Fsp3) is 0.571. The van der Waals surface area contributed by atoms with Crippen LogP contribution >= 0.6 is 0 Å². The number of benzene rings is 1. The molecule has 2 aliphatic rings. The van der Waals surface area contributed by atoms with Crippen molar-refractivity contribution in [2.75, 3.05) is 26.8 Å². The van der Waals surface area contributed by atoms with E-state index >= 15 is 0 Å². The maximum absolute atomic E-state index is 12.6. The molecule has 3 heterocycles. The Bertz CT molecular complexity index is 858. The summed E-state index contributed by atoms with van der Waals surface area (Å²) in [5.74, 6) is 4.02. The van der Waals surface area contributed by atoms with Gasteiger partial charge in [0.15, 0.2) is 11.5 Å². The van der Waals surface area contributed by atoms with Gasteiger partial charge in [0.05, 0.1) is 13.7 Å². The Morgan fingerprint density at radius 2 is 2.03 bits per heavy atom. The number of nitrogens with zero attached hydrogens (tertiary/aromatic N) is 4. The van der Waals surface area contributed by atoms with Crippen molar-refractivity contribution in [1.29, 1.82) is 0 Å². The van der Waals surface area contributed by atoms with Crippen molar-refractivity contribution in [3.63, 3.8) is 0 Å². The average Bonchev–Trinajstić information content (AvgIpc) is 3.37. The van der Waals surface area contributed by atoms with Gasteiger partial charge in [-0.1, -0.05) is 6.07 Å². The van der Waals surface area contributed by atoms with Gasteiger partial charge in [-0.15, -0.1) is 10.2 Å². The standard InChI is InChI=1S/C21H29N5O3/c1-3-29-17-7-6-15(13-18(17)28-2)14-22-21(27)25-11-8-16(9-12-25)20-24-23-19-5-4-10-26(19)20/h6-7,13,16H,3-5,8-12,14H2,1-2H3,(H,22,27). The van der Waals surface area contributed by atoms with E-state index in [-0.39, 0.29) is 6.03 Å². The van der Waals surface area contributed by atoms with Crippen LogP contribution in [0.25, 0.3) is 0 Å². The minimum absolute atomic E-state index is 0.0252. The van der Waals surface area contributed by atoms with E-state index < -0.39 is 0 Å². The largest absolute Gasteiger partial charge is 0.493 e. The van der Waals surface area contributed by atoms with Gasteiger partial charge in [0, 0.05) is 38.5 Å². The number of urea groups is 1. The predicted octanol–water partition coefficient (Wildman–Crippen LogP) is 2.72. The number of methoxy groups -OCH3 is 1. The quantitative estimate of drug-likeness (QED) is 0.808. The Hall–Kier alpha value is -2.77. The number of aryl methyl sites for hydroxylation is 1. The Balaban J connectivity index is 1.29. The summed E-state index contributed by atoms with van der Waals surface area (Å²) in [5.41, 5.74) is 0.979. The predicted molar refractivity (Wildman–Crippen MR) is 108 cm³/mol. The first kappa shape index (κ1) is 19.5. The van der Waals surface area contributed by atoms with E-state index in [0.29, 0.717) is 30.6 Å². The maximum atomic E-state index is 12.6. The van der Waals surface area contributed by atoms with Crippen LogP contribution in [-0.2, 0) is 19.5 Å². The van der Waals surface area contributed by atoms with Gasteiger partial charge in [-0.05, 0) is 43.9 Å². The number of fused-ring (bicyclic) bond motifs is 1. The van der Waals surface area contributed by atoms with E-state index in [9.17, 15) is 4.79 Å². The van der Waals surface area contributed by atoms with Crippen LogP contribution in [0.3, 0.4) is 0 Å². The Morgan fingerprint density at radius 1 is 1.21 bits per heavy atom. The second-order valence-electron chi connectivity index (χ2n) is 7.57. The lowest BCUT2D eigenvalue weighted by molar-refractivity contribution is 0.179. The zero-order valence-electron chi connectivity index (χ0n) is 17.2. The van der Waals surface area contributed by atoms with Crippen LogP contribution in [0.5, 0.6) is 11.5 Å². The van der Waals surface area contributed by atoms with E-state index in [1.54, 1.807) is 7.11 Å². The number of hydrogen-bond donors (Lipinski definition) is 1. The van der Waals surface area contributed by atoms with Gasteiger partial charge in [0.2, 0.25) is 0 Å². The van der Waals surface area contributed by atoms with Crippen LogP contribution in [0.4, 0.5) is 4.79 Å². The van der Waals surface area contributed by atoms with E-state index in [0.717, 1.165) is 62.5 Å². The molecule has 4 rings (SSSR count). The third-order valence-corrected chi connectivity index (χ3v) is 5.76. The van der Waals surface area contributed by atoms with Crippen LogP contribution in [0, 0.1) is 0 Å². The lowest BCUT2D eigenvalue weighted by Gasteiger charge is -2.31. The molecule has 1 N–H and O–H groups in total. The third-order valence-electron chi connectivity index (χ3n) is 5.76. The summed E-state index contributed by atoms with van der Waals surface area (Å²) < 4.78 is 13.2. The van der Waals surface area contributed by atoms with Crippen molar-refractivity contribution in [3.8, 4) is 11.5 Å². The van der Waals surface area contributed by atoms with Crippen molar-refractivity contribution in [2.45, 2.75) is 51.6 Å². The number of nitrogens with one attached hydrogen (secondary N) is 1. The molecule has 2 amide bonds. The summed E-state index contributed by atoms with van der Waals surface area (Å²) in [5, 5.41) is 11.8. The molecule has 156 valence electrons. The van der Waals surface area contributed by atoms with Gasteiger partial charge in [-0.3, -0.25) is 0 Å². The van der Waals surface area contributed by atoms with Crippen LogP contribution in [0.2, 0.25) is 0 Å². The molecule has 1 saturated heterocycles. The van der Waals surface area contributed by atoms with E-state index in [1.807, 2.05) is 30.0 Å². The van der Waals surface area contributed by atoms with Gasteiger partial charge in [-0.2, -0.15) is 0 Å². The molecule has 1 aromatic carbocycles. The zero-order chi connectivity index (χ0) is 20.2. The van der Waals surface area contributed by atoms with Crippen LogP contribution < -0.4 is 14.8 Å². The highest BCUT2D eigenvalue weighted by Crippen LogP contribution is 2.30. The van der Waals surface area contributed by atoms with Crippen molar-refractivity contribution in [1.82, 2.24) is 25.0 Å². The highest BCUT2D eigenvalue weighted by Gasteiger charge is 2.29. The van der Waals surface area contributed by atoms with Crippen LogP contribution in [0.1, 0.15) is 49.3 Å². The molecule has 2 aromatic rings. The van der Waals surface area contributed by atoms with Crippen molar-refractivity contribution in [2.24, 2.45) is 0 Å². The zero-order valence-corrected chi connectivity index (χ0v) is 17.2. The number of amides is 2. The van der Waals surface area contributed by atoms with Gasteiger partial charge in [0.1, 0.15) is 11.6 Å². The lowest BCUT2D eigenvalue weighted by atomic mass is 9.96. The molecule has 29 heavy (non-hydrogen) atoms. The smallest absolute Gasteiger partial charge is 0.317 e. The second-order valence-corrected chi connectivity index (χ2v) is 7.57. The van der Waals surface area contributed by atoms with E-state index in [2.05, 4.69) is 20.1 Å². The molecule has 8 heteroatoms. The molecule has 0 atom stereocenters.